The highest BCUT2D eigenvalue weighted by Gasteiger charge is 2.37. The lowest BCUT2D eigenvalue weighted by molar-refractivity contribution is 0.662. The van der Waals surface area contributed by atoms with E-state index in [9.17, 15) is 0 Å². The lowest BCUT2D eigenvalue weighted by Gasteiger charge is -2.25. The van der Waals surface area contributed by atoms with Gasteiger partial charge in [0, 0.05) is 11.0 Å². The highest BCUT2D eigenvalue weighted by molar-refractivity contribution is 6.90. The van der Waals surface area contributed by atoms with Crippen molar-refractivity contribution in [3.8, 4) is 33.5 Å². The summed E-state index contributed by atoms with van der Waals surface area (Å²) < 4.78 is 0. The number of hydrogen-bond donors (Lipinski definition) is 0. The normalized spacial score (nSPS) is 14.1. The zero-order valence-corrected chi connectivity index (χ0v) is 22.2. The second-order valence-electron chi connectivity index (χ2n) is 11.3. The molecule has 0 aliphatic heterocycles. The van der Waals surface area contributed by atoms with Gasteiger partial charge in [-0.3, -0.25) is 0 Å². The Balaban J connectivity index is 1.63. The van der Waals surface area contributed by atoms with Crippen LogP contribution in [-0.2, 0) is 5.41 Å². The van der Waals surface area contributed by atoms with Gasteiger partial charge in [-0.15, -0.1) is 0 Å². The van der Waals surface area contributed by atoms with Crippen LogP contribution < -0.4 is 5.19 Å². The summed E-state index contributed by atoms with van der Waals surface area (Å²) in [6.45, 7) is 12.0. The van der Waals surface area contributed by atoms with Crippen LogP contribution >= 0.6 is 0 Å². The van der Waals surface area contributed by atoms with Crippen LogP contribution in [0.15, 0.2) is 97.1 Å². The van der Waals surface area contributed by atoms with Crippen molar-refractivity contribution >= 4 is 24.2 Å². The van der Waals surface area contributed by atoms with Gasteiger partial charge in [0.2, 0.25) is 0 Å². The maximum absolute atomic E-state index is 5.33. The molecular weight excluding hydrogens is 438 g/mol. The van der Waals surface area contributed by atoms with E-state index >= 15 is 0 Å². The first kappa shape index (κ1) is 22.0. The maximum atomic E-state index is 5.33. The summed E-state index contributed by atoms with van der Waals surface area (Å²) in [5.41, 5.74) is 11.3. The third kappa shape index (κ3) is 3.47. The van der Waals surface area contributed by atoms with Crippen LogP contribution in [0.25, 0.3) is 44.4 Å². The Morgan fingerprint density at radius 3 is 2.09 bits per heavy atom. The molecule has 0 unspecified atom stereocenters. The Morgan fingerprint density at radius 2 is 1.31 bits per heavy atom. The third-order valence-corrected chi connectivity index (χ3v) is 9.61. The van der Waals surface area contributed by atoms with Gasteiger partial charge in [0.05, 0.1) is 19.3 Å². The second-order valence-corrected chi connectivity index (χ2v) is 16.3. The van der Waals surface area contributed by atoms with Gasteiger partial charge in [-0.25, -0.2) is 4.98 Å². The first-order valence-corrected chi connectivity index (χ1v) is 16.0. The van der Waals surface area contributed by atoms with E-state index in [4.69, 9.17) is 4.98 Å². The minimum atomic E-state index is -1.62. The van der Waals surface area contributed by atoms with E-state index in [1.165, 1.54) is 49.5 Å². The molecule has 5 aromatic rings. The summed E-state index contributed by atoms with van der Waals surface area (Å²) in [4.78, 5) is 5.33. The van der Waals surface area contributed by atoms with E-state index in [2.05, 4.69) is 131 Å². The van der Waals surface area contributed by atoms with Crippen LogP contribution in [0, 0.1) is 0 Å². The standard InChI is InChI=1S/C33H31NSi/c1-33(2)28-17-10-9-14-24(28)25-15-11-16-27(32(25)33)30-21-31(35(3,4)5)26-19-18-23(20-29(26)34-30)22-12-7-6-8-13-22/h6-21H,1-5H3. The van der Waals surface area contributed by atoms with Crippen LogP contribution in [0.1, 0.15) is 25.0 Å². The number of rotatable bonds is 3. The number of pyridine rings is 1. The van der Waals surface area contributed by atoms with Crippen molar-refractivity contribution in [2.45, 2.75) is 38.9 Å². The van der Waals surface area contributed by atoms with Gasteiger partial charge in [0.1, 0.15) is 0 Å². The van der Waals surface area contributed by atoms with E-state index in [0.717, 1.165) is 11.2 Å². The molecular formula is C33H31NSi. The van der Waals surface area contributed by atoms with Gasteiger partial charge < -0.3 is 0 Å². The molecule has 0 atom stereocenters. The molecule has 0 radical (unpaired) electrons. The molecule has 1 heterocycles. The molecule has 6 rings (SSSR count). The van der Waals surface area contributed by atoms with Crippen LogP contribution in [0.4, 0.5) is 0 Å². The summed E-state index contributed by atoms with van der Waals surface area (Å²) in [6.07, 6.45) is 0. The molecule has 0 spiro atoms. The number of nitrogens with zero attached hydrogens (tertiary/aromatic N) is 1. The predicted octanol–water partition coefficient (Wildman–Crippen LogP) is 8.42. The molecule has 0 bridgehead atoms. The van der Waals surface area contributed by atoms with Crippen molar-refractivity contribution in [1.29, 1.82) is 0 Å². The topological polar surface area (TPSA) is 12.9 Å². The Bertz CT molecular complexity index is 1590. The molecule has 1 aliphatic rings. The molecule has 4 aromatic carbocycles. The lowest BCUT2D eigenvalue weighted by Crippen LogP contribution is -2.38. The molecule has 0 saturated carbocycles. The Kier molecular flexibility index (Phi) is 4.88. The van der Waals surface area contributed by atoms with Crippen LogP contribution in [-0.4, -0.2) is 13.1 Å². The molecule has 0 saturated heterocycles. The summed E-state index contributed by atoms with van der Waals surface area (Å²) in [5, 5.41) is 2.77. The molecule has 172 valence electrons. The zero-order valence-electron chi connectivity index (χ0n) is 21.2. The summed E-state index contributed by atoms with van der Waals surface area (Å²) in [6, 6.07) is 35.5. The molecule has 1 aliphatic carbocycles. The number of aromatic nitrogens is 1. The largest absolute Gasteiger partial charge is 0.248 e. The lowest BCUT2D eigenvalue weighted by atomic mass is 9.79. The minimum absolute atomic E-state index is 0.0651. The first-order valence-electron chi connectivity index (χ1n) is 12.5. The summed E-state index contributed by atoms with van der Waals surface area (Å²) >= 11 is 0. The Morgan fingerprint density at radius 1 is 0.629 bits per heavy atom. The fourth-order valence-electron chi connectivity index (χ4n) is 5.86. The predicted molar refractivity (Wildman–Crippen MR) is 153 cm³/mol. The van der Waals surface area contributed by atoms with Crippen molar-refractivity contribution in [2.75, 3.05) is 0 Å². The molecule has 35 heavy (non-hydrogen) atoms. The van der Waals surface area contributed by atoms with Gasteiger partial charge in [-0.05, 0) is 56.1 Å². The molecule has 0 fully saturated rings. The van der Waals surface area contributed by atoms with Gasteiger partial charge in [-0.2, -0.15) is 0 Å². The van der Waals surface area contributed by atoms with E-state index in [1.807, 2.05) is 0 Å². The smallest absolute Gasteiger partial charge is 0.0785 e. The number of fused-ring (bicyclic) bond motifs is 4. The van der Waals surface area contributed by atoms with Crippen LogP contribution in [0.3, 0.4) is 0 Å². The maximum Gasteiger partial charge on any atom is 0.0785 e. The van der Waals surface area contributed by atoms with Gasteiger partial charge in [0.25, 0.3) is 0 Å². The Hall–Kier alpha value is -3.49. The fraction of sp³-hybridized carbons (Fsp3) is 0.182. The highest BCUT2D eigenvalue weighted by Crippen LogP contribution is 2.51. The quantitative estimate of drug-likeness (QED) is 0.242. The molecule has 1 aromatic heterocycles. The monoisotopic (exact) mass is 469 g/mol. The van der Waals surface area contributed by atoms with Crippen molar-refractivity contribution < 1.29 is 0 Å². The average molecular weight is 470 g/mol. The molecule has 1 nitrogen and oxygen atoms in total. The summed E-state index contributed by atoms with van der Waals surface area (Å²) in [5.74, 6) is 0. The van der Waals surface area contributed by atoms with Crippen LogP contribution in [0.5, 0.6) is 0 Å². The second kappa shape index (κ2) is 7.76. The molecule has 0 amide bonds. The van der Waals surface area contributed by atoms with Crippen molar-refractivity contribution in [1.82, 2.24) is 4.98 Å². The molecule has 2 heteroatoms. The zero-order chi connectivity index (χ0) is 24.4. The number of hydrogen-bond acceptors (Lipinski definition) is 1. The van der Waals surface area contributed by atoms with Crippen molar-refractivity contribution in [3.63, 3.8) is 0 Å². The average Bonchev–Trinajstić information content (AvgIpc) is 3.10. The minimum Gasteiger partial charge on any atom is -0.248 e. The van der Waals surface area contributed by atoms with Crippen LogP contribution in [0.2, 0.25) is 19.6 Å². The van der Waals surface area contributed by atoms with Gasteiger partial charge in [0.15, 0.2) is 0 Å². The Labute approximate surface area is 209 Å². The van der Waals surface area contributed by atoms with E-state index in [0.29, 0.717) is 0 Å². The third-order valence-electron chi connectivity index (χ3n) is 7.58. The van der Waals surface area contributed by atoms with E-state index < -0.39 is 8.07 Å². The van der Waals surface area contributed by atoms with Gasteiger partial charge >= 0.3 is 0 Å². The SMILES string of the molecule is CC1(C)c2ccccc2-c2cccc(-c3cc([Si](C)(C)C)c4ccc(-c5ccccc5)cc4n3)c21. The van der Waals surface area contributed by atoms with E-state index in [-0.39, 0.29) is 5.41 Å². The fourth-order valence-corrected chi connectivity index (χ4v) is 7.45. The van der Waals surface area contributed by atoms with Gasteiger partial charge in [-0.1, -0.05) is 118 Å². The van der Waals surface area contributed by atoms with Crippen molar-refractivity contribution in [3.05, 3.63) is 108 Å². The van der Waals surface area contributed by atoms with E-state index in [1.54, 1.807) is 0 Å². The first-order chi connectivity index (χ1) is 16.7. The highest BCUT2D eigenvalue weighted by atomic mass is 28.3. The summed E-state index contributed by atoms with van der Waals surface area (Å²) in [7, 11) is -1.62. The molecule has 0 N–H and O–H groups in total. The number of benzene rings is 4. The van der Waals surface area contributed by atoms with Crippen molar-refractivity contribution in [2.24, 2.45) is 0 Å².